The van der Waals surface area contributed by atoms with Gasteiger partial charge in [0, 0.05) is 11.6 Å². The lowest BCUT2D eigenvalue weighted by atomic mass is 10.1. The van der Waals surface area contributed by atoms with E-state index in [9.17, 15) is 0 Å². The van der Waals surface area contributed by atoms with E-state index in [0.717, 1.165) is 40.4 Å². The van der Waals surface area contributed by atoms with Gasteiger partial charge in [0.2, 0.25) is 0 Å². The molecule has 2 heterocycles. The first-order valence-corrected chi connectivity index (χ1v) is 6.84. The van der Waals surface area contributed by atoms with Crippen LogP contribution in [0.3, 0.4) is 0 Å². The van der Waals surface area contributed by atoms with Gasteiger partial charge >= 0.3 is 0 Å². The highest BCUT2D eigenvalue weighted by Gasteiger charge is 2.17. The molecule has 4 nitrogen and oxygen atoms in total. The molecule has 3 aromatic rings. The topological polar surface area (TPSA) is 49.9 Å². The Hall–Kier alpha value is -2.20. The molecule has 20 heavy (non-hydrogen) atoms. The first kappa shape index (κ1) is 11.6. The number of ether oxygens (including phenoxy) is 1. The first-order chi connectivity index (χ1) is 9.81. The summed E-state index contributed by atoms with van der Waals surface area (Å²) in [6.07, 6.45) is 0. The third kappa shape index (κ3) is 1.80. The van der Waals surface area contributed by atoms with Gasteiger partial charge in [0.05, 0.1) is 22.3 Å². The van der Waals surface area contributed by atoms with Crippen LogP contribution < -0.4 is 10.1 Å². The number of para-hydroxylation sites is 1. The molecule has 100 valence electrons. The van der Waals surface area contributed by atoms with E-state index in [0.29, 0.717) is 11.6 Å². The summed E-state index contributed by atoms with van der Waals surface area (Å²) in [5.74, 6) is 1.65. The third-order valence-corrected chi connectivity index (χ3v) is 3.61. The maximum absolute atomic E-state index is 6.01. The van der Waals surface area contributed by atoms with Gasteiger partial charge in [-0.05, 0) is 30.3 Å². The lowest BCUT2D eigenvalue weighted by Crippen LogP contribution is -2.18. The molecule has 0 radical (unpaired) electrons. The Morgan fingerprint density at radius 3 is 3.10 bits per heavy atom. The molecule has 5 heteroatoms. The summed E-state index contributed by atoms with van der Waals surface area (Å²) < 4.78 is 5.78. The van der Waals surface area contributed by atoms with Gasteiger partial charge in [-0.15, -0.1) is 0 Å². The Morgan fingerprint density at radius 1 is 1.20 bits per heavy atom. The van der Waals surface area contributed by atoms with Gasteiger partial charge in [-0.2, -0.15) is 0 Å². The van der Waals surface area contributed by atoms with E-state index in [1.165, 1.54) is 0 Å². The molecule has 0 spiro atoms. The summed E-state index contributed by atoms with van der Waals surface area (Å²) in [5, 5.41) is 4.02. The highest BCUT2D eigenvalue weighted by molar-refractivity contribution is 6.31. The normalized spacial score (nSPS) is 13.7. The quantitative estimate of drug-likeness (QED) is 0.717. The maximum atomic E-state index is 6.01. The number of benzene rings is 2. The van der Waals surface area contributed by atoms with Crippen molar-refractivity contribution in [1.29, 1.82) is 0 Å². The highest BCUT2D eigenvalue weighted by atomic mass is 35.5. The minimum absolute atomic E-state index is 0.663. The van der Waals surface area contributed by atoms with Crippen molar-refractivity contribution in [1.82, 2.24) is 9.97 Å². The first-order valence-electron chi connectivity index (χ1n) is 6.46. The lowest BCUT2D eigenvalue weighted by Gasteiger charge is -2.20. The van der Waals surface area contributed by atoms with E-state index in [1.54, 1.807) is 0 Å². The molecule has 4 rings (SSSR count). The number of imidazole rings is 1. The number of nitrogens with one attached hydrogen (secondary N) is 2. The van der Waals surface area contributed by atoms with Gasteiger partial charge in [-0.3, -0.25) is 0 Å². The molecule has 0 amide bonds. The second-order valence-corrected chi connectivity index (χ2v) is 5.14. The molecule has 2 N–H and O–H groups in total. The molecule has 2 aromatic carbocycles. The number of aromatic amines is 1. The highest BCUT2D eigenvalue weighted by Crippen LogP contribution is 2.37. The average molecular weight is 286 g/mol. The summed E-state index contributed by atoms with van der Waals surface area (Å²) in [4.78, 5) is 7.91. The van der Waals surface area contributed by atoms with Crippen molar-refractivity contribution < 1.29 is 4.74 Å². The van der Waals surface area contributed by atoms with Crippen LogP contribution in [0.4, 0.5) is 5.69 Å². The number of nitrogens with zero attached hydrogens (tertiary/aromatic N) is 1. The minimum Gasteiger partial charge on any atom is -0.489 e. The standard InChI is InChI=1S/C15H12ClN3O/c16-9-4-5-11-13(8-9)19-15(18-11)10-2-1-3-12-14(10)20-7-6-17-12/h1-5,8,17H,6-7H2,(H,18,19). The van der Waals surface area contributed by atoms with Gasteiger partial charge in [0.15, 0.2) is 5.75 Å². The molecule has 0 unspecified atom stereocenters. The Labute approximate surface area is 120 Å². The zero-order valence-electron chi connectivity index (χ0n) is 10.6. The SMILES string of the molecule is Clc1ccc2nc(-c3cccc4c3OCCN4)[nH]c2c1. The minimum atomic E-state index is 0.663. The van der Waals surface area contributed by atoms with Crippen LogP contribution in [-0.2, 0) is 0 Å². The molecule has 0 aliphatic carbocycles. The van der Waals surface area contributed by atoms with E-state index >= 15 is 0 Å². The molecule has 0 bridgehead atoms. The zero-order chi connectivity index (χ0) is 13.5. The van der Waals surface area contributed by atoms with Crippen LogP contribution in [0, 0.1) is 0 Å². The van der Waals surface area contributed by atoms with Gasteiger partial charge < -0.3 is 15.0 Å². The largest absolute Gasteiger partial charge is 0.489 e. The van der Waals surface area contributed by atoms with Crippen LogP contribution in [0.2, 0.25) is 5.02 Å². The molecule has 0 atom stereocenters. The number of anilines is 1. The predicted molar refractivity (Wildman–Crippen MR) is 80.5 cm³/mol. The summed E-state index contributed by atoms with van der Waals surface area (Å²) in [7, 11) is 0. The number of hydrogen-bond donors (Lipinski definition) is 2. The fourth-order valence-corrected chi connectivity index (χ4v) is 2.64. The van der Waals surface area contributed by atoms with Crippen LogP contribution in [-0.4, -0.2) is 23.1 Å². The number of aromatic nitrogens is 2. The number of hydrogen-bond acceptors (Lipinski definition) is 3. The van der Waals surface area contributed by atoms with E-state index in [1.807, 2.05) is 36.4 Å². The van der Waals surface area contributed by atoms with Gasteiger partial charge in [0.1, 0.15) is 12.4 Å². The molecule has 0 fully saturated rings. The van der Waals surface area contributed by atoms with Crippen molar-refractivity contribution in [3.63, 3.8) is 0 Å². The van der Waals surface area contributed by atoms with E-state index in [2.05, 4.69) is 15.3 Å². The lowest BCUT2D eigenvalue weighted by molar-refractivity contribution is 0.324. The van der Waals surface area contributed by atoms with Crippen molar-refractivity contribution in [2.24, 2.45) is 0 Å². The van der Waals surface area contributed by atoms with Crippen molar-refractivity contribution in [2.75, 3.05) is 18.5 Å². The van der Waals surface area contributed by atoms with Crippen LogP contribution >= 0.6 is 11.6 Å². The second kappa shape index (κ2) is 4.42. The third-order valence-electron chi connectivity index (χ3n) is 3.38. The number of H-pyrrole nitrogens is 1. The van der Waals surface area contributed by atoms with Crippen molar-refractivity contribution in [2.45, 2.75) is 0 Å². The van der Waals surface area contributed by atoms with Crippen LogP contribution in [0.1, 0.15) is 0 Å². The summed E-state index contributed by atoms with van der Waals surface area (Å²) in [6.45, 7) is 1.49. The molecule has 1 aromatic heterocycles. The Bertz CT molecular complexity index is 797. The van der Waals surface area contributed by atoms with Crippen molar-refractivity contribution in [3.05, 3.63) is 41.4 Å². The summed E-state index contributed by atoms with van der Waals surface area (Å²) >= 11 is 6.01. The fourth-order valence-electron chi connectivity index (χ4n) is 2.47. The number of halogens is 1. The number of rotatable bonds is 1. The Morgan fingerprint density at radius 2 is 2.15 bits per heavy atom. The van der Waals surface area contributed by atoms with E-state index < -0.39 is 0 Å². The maximum Gasteiger partial charge on any atom is 0.153 e. The molecule has 1 aliphatic rings. The van der Waals surface area contributed by atoms with E-state index in [4.69, 9.17) is 16.3 Å². The van der Waals surface area contributed by atoms with E-state index in [-0.39, 0.29) is 0 Å². The van der Waals surface area contributed by atoms with Crippen LogP contribution in [0.15, 0.2) is 36.4 Å². The molecule has 1 aliphatic heterocycles. The van der Waals surface area contributed by atoms with Gasteiger partial charge in [-0.25, -0.2) is 4.98 Å². The monoisotopic (exact) mass is 285 g/mol. The summed E-state index contributed by atoms with van der Waals surface area (Å²) in [5.41, 5.74) is 3.79. The molecular formula is C15H12ClN3O. The molecule has 0 saturated heterocycles. The fraction of sp³-hybridized carbons (Fsp3) is 0.133. The summed E-state index contributed by atoms with van der Waals surface area (Å²) in [6, 6.07) is 11.6. The van der Waals surface area contributed by atoms with Gasteiger partial charge in [-0.1, -0.05) is 17.7 Å². The van der Waals surface area contributed by atoms with Crippen LogP contribution in [0.25, 0.3) is 22.4 Å². The molecule has 0 saturated carbocycles. The smallest absolute Gasteiger partial charge is 0.153 e. The van der Waals surface area contributed by atoms with Crippen LogP contribution in [0.5, 0.6) is 5.75 Å². The second-order valence-electron chi connectivity index (χ2n) is 4.70. The Balaban J connectivity index is 1.90. The zero-order valence-corrected chi connectivity index (χ0v) is 11.4. The number of fused-ring (bicyclic) bond motifs is 2. The predicted octanol–water partition coefficient (Wildman–Crippen LogP) is 3.69. The van der Waals surface area contributed by atoms with Gasteiger partial charge in [0.25, 0.3) is 0 Å². The average Bonchev–Trinajstić information content (AvgIpc) is 2.89. The van der Waals surface area contributed by atoms with Crippen molar-refractivity contribution >= 4 is 28.3 Å². The molecular weight excluding hydrogens is 274 g/mol. The Kier molecular flexibility index (Phi) is 2.57. The van der Waals surface area contributed by atoms with Crippen molar-refractivity contribution in [3.8, 4) is 17.1 Å².